The summed E-state index contributed by atoms with van der Waals surface area (Å²) in [5, 5.41) is 12.7. The zero-order valence-corrected chi connectivity index (χ0v) is 12.0. The van der Waals surface area contributed by atoms with Crippen molar-refractivity contribution in [2.75, 3.05) is 5.32 Å². The van der Waals surface area contributed by atoms with Crippen molar-refractivity contribution in [1.29, 1.82) is 0 Å². The molecule has 3 nitrogen and oxygen atoms in total. The summed E-state index contributed by atoms with van der Waals surface area (Å²) in [6.07, 6.45) is 5.18. The second-order valence-corrected chi connectivity index (χ2v) is 5.75. The van der Waals surface area contributed by atoms with Gasteiger partial charge >= 0.3 is 0 Å². The van der Waals surface area contributed by atoms with Gasteiger partial charge in [0.2, 0.25) is 5.91 Å². The van der Waals surface area contributed by atoms with E-state index in [0.717, 1.165) is 48.9 Å². The van der Waals surface area contributed by atoms with Crippen LogP contribution in [0, 0.1) is 19.3 Å². The summed E-state index contributed by atoms with van der Waals surface area (Å²) in [4.78, 5) is 12.5. The van der Waals surface area contributed by atoms with Gasteiger partial charge in [0.25, 0.3) is 0 Å². The van der Waals surface area contributed by atoms with E-state index in [0.29, 0.717) is 0 Å². The fourth-order valence-corrected chi connectivity index (χ4v) is 2.98. The van der Waals surface area contributed by atoms with Gasteiger partial charge in [-0.05, 0) is 56.4 Å². The summed E-state index contributed by atoms with van der Waals surface area (Å²) in [5.74, 6) is 0.419. The quantitative estimate of drug-likeness (QED) is 0.810. The van der Waals surface area contributed by atoms with Gasteiger partial charge < -0.3 is 10.4 Å². The molecule has 1 aromatic rings. The Morgan fingerprint density at radius 2 is 1.89 bits per heavy atom. The molecular weight excluding hydrogens is 238 g/mol. The summed E-state index contributed by atoms with van der Waals surface area (Å²) in [6, 6.07) is 3.55. The van der Waals surface area contributed by atoms with Crippen molar-refractivity contribution >= 4 is 11.6 Å². The Morgan fingerprint density at radius 1 is 1.26 bits per heavy atom. The zero-order chi connectivity index (χ0) is 14.0. The minimum Gasteiger partial charge on any atom is -0.508 e. The summed E-state index contributed by atoms with van der Waals surface area (Å²) in [5.41, 5.74) is 2.33. The number of anilines is 1. The summed E-state index contributed by atoms with van der Waals surface area (Å²) in [7, 11) is 0. The maximum atomic E-state index is 12.5. The highest BCUT2D eigenvalue weighted by Gasteiger charge is 2.39. The number of aromatic hydroxyl groups is 1. The van der Waals surface area contributed by atoms with E-state index in [1.165, 1.54) is 0 Å². The molecule has 1 amide bonds. The molecule has 1 aliphatic rings. The van der Waals surface area contributed by atoms with Crippen molar-refractivity contribution in [3.05, 3.63) is 23.3 Å². The van der Waals surface area contributed by atoms with Gasteiger partial charge in [0.05, 0.1) is 0 Å². The van der Waals surface area contributed by atoms with Crippen LogP contribution in [0.15, 0.2) is 12.1 Å². The Morgan fingerprint density at radius 3 is 2.47 bits per heavy atom. The lowest BCUT2D eigenvalue weighted by Gasteiger charge is -2.26. The Bertz CT molecular complexity index is 488. The normalized spacial score (nSPS) is 17.4. The van der Waals surface area contributed by atoms with Gasteiger partial charge in [0, 0.05) is 11.1 Å². The van der Waals surface area contributed by atoms with E-state index in [4.69, 9.17) is 0 Å². The third-order valence-corrected chi connectivity index (χ3v) is 4.51. The lowest BCUT2D eigenvalue weighted by atomic mass is 9.82. The van der Waals surface area contributed by atoms with Crippen LogP contribution in [0.4, 0.5) is 5.69 Å². The first-order chi connectivity index (χ1) is 8.98. The molecule has 1 fully saturated rings. The largest absolute Gasteiger partial charge is 0.508 e. The highest BCUT2D eigenvalue weighted by molar-refractivity contribution is 5.96. The van der Waals surface area contributed by atoms with E-state index in [-0.39, 0.29) is 17.1 Å². The summed E-state index contributed by atoms with van der Waals surface area (Å²) in [6.45, 7) is 5.84. The molecule has 3 heteroatoms. The van der Waals surface area contributed by atoms with Crippen LogP contribution in [0.5, 0.6) is 5.75 Å². The number of aryl methyl sites for hydroxylation is 2. The number of amides is 1. The van der Waals surface area contributed by atoms with Crippen molar-refractivity contribution < 1.29 is 9.90 Å². The third-order valence-electron chi connectivity index (χ3n) is 4.51. The summed E-state index contributed by atoms with van der Waals surface area (Å²) >= 11 is 0. The second kappa shape index (κ2) is 5.24. The minimum absolute atomic E-state index is 0.140. The van der Waals surface area contributed by atoms with Gasteiger partial charge in [0.1, 0.15) is 5.75 Å². The van der Waals surface area contributed by atoms with Crippen LogP contribution in [-0.2, 0) is 4.79 Å². The Hall–Kier alpha value is -1.51. The molecule has 1 aliphatic carbocycles. The third kappa shape index (κ3) is 2.60. The molecule has 1 saturated carbocycles. The number of carbonyl (C=O) groups excluding carboxylic acids is 1. The number of nitrogens with one attached hydrogen (secondary N) is 1. The van der Waals surface area contributed by atoms with Crippen LogP contribution in [0.3, 0.4) is 0 Å². The lowest BCUT2D eigenvalue weighted by Crippen LogP contribution is -2.33. The Balaban J connectivity index is 2.21. The maximum absolute atomic E-state index is 12.5. The predicted octanol–water partition coefficient (Wildman–Crippen LogP) is 3.92. The number of benzene rings is 1. The molecule has 2 N–H and O–H groups in total. The molecule has 0 spiro atoms. The topological polar surface area (TPSA) is 49.3 Å². The number of carbonyl (C=O) groups is 1. The highest BCUT2D eigenvalue weighted by atomic mass is 16.3. The molecule has 0 heterocycles. The van der Waals surface area contributed by atoms with Crippen LogP contribution < -0.4 is 5.32 Å². The molecule has 0 bridgehead atoms. The molecule has 0 atom stereocenters. The molecule has 0 radical (unpaired) electrons. The number of phenols is 1. The van der Waals surface area contributed by atoms with Gasteiger partial charge in [-0.2, -0.15) is 0 Å². The Kier molecular flexibility index (Phi) is 3.83. The van der Waals surface area contributed by atoms with Crippen LogP contribution >= 0.6 is 0 Å². The standard InChI is InChI=1S/C16H23NO2/c1-4-16(7-5-6-8-16)15(19)17-13-9-12(3)14(18)10-11(13)2/h9-10,18H,4-8H2,1-3H3,(H,17,19). The zero-order valence-electron chi connectivity index (χ0n) is 12.0. The molecule has 104 valence electrons. The predicted molar refractivity (Wildman–Crippen MR) is 77.4 cm³/mol. The van der Waals surface area contributed by atoms with Gasteiger partial charge in [-0.1, -0.05) is 19.8 Å². The average molecular weight is 261 g/mol. The second-order valence-electron chi connectivity index (χ2n) is 5.75. The molecule has 1 aromatic carbocycles. The van der Waals surface area contributed by atoms with Crippen LogP contribution in [0.25, 0.3) is 0 Å². The van der Waals surface area contributed by atoms with E-state index in [1.54, 1.807) is 6.07 Å². The first kappa shape index (κ1) is 13.9. The molecule has 0 aromatic heterocycles. The van der Waals surface area contributed by atoms with Crippen LogP contribution in [0.1, 0.15) is 50.2 Å². The van der Waals surface area contributed by atoms with E-state index in [9.17, 15) is 9.90 Å². The fraction of sp³-hybridized carbons (Fsp3) is 0.562. The van der Waals surface area contributed by atoms with Crippen molar-refractivity contribution in [1.82, 2.24) is 0 Å². The van der Waals surface area contributed by atoms with Crippen molar-refractivity contribution in [3.63, 3.8) is 0 Å². The Labute approximate surface area is 115 Å². The molecule has 0 saturated heterocycles. The monoisotopic (exact) mass is 261 g/mol. The van der Waals surface area contributed by atoms with E-state index in [2.05, 4.69) is 12.2 Å². The molecule has 0 aliphatic heterocycles. The molecule has 19 heavy (non-hydrogen) atoms. The smallest absolute Gasteiger partial charge is 0.230 e. The lowest BCUT2D eigenvalue weighted by molar-refractivity contribution is -0.125. The molecular formula is C16H23NO2. The van der Waals surface area contributed by atoms with Gasteiger partial charge in [-0.25, -0.2) is 0 Å². The van der Waals surface area contributed by atoms with E-state index in [1.807, 2.05) is 19.9 Å². The molecule has 0 unspecified atom stereocenters. The first-order valence-electron chi connectivity index (χ1n) is 7.10. The van der Waals surface area contributed by atoms with Gasteiger partial charge in [-0.15, -0.1) is 0 Å². The fourth-order valence-electron chi connectivity index (χ4n) is 2.98. The highest BCUT2D eigenvalue weighted by Crippen LogP contribution is 2.42. The number of hydrogen-bond acceptors (Lipinski definition) is 2. The minimum atomic E-state index is -0.182. The number of phenolic OH excluding ortho intramolecular Hbond substituents is 1. The van der Waals surface area contributed by atoms with Crippen LogP contribution in [-0.4, -0.2) is 11.0 Å². The number of rotatable bonds is 3. The van der Waals surface area contributed by atoms with Gasteiger partial charge in [-0.3, -0.25) is 4.79 Å². The van der Waals surface area contributed by atoms with Crippen molar-refractivity contribution in [2.24, 2.45) is 5.41 Å². The summed E-state index contributed by atoms with van der Waals surface area (Å²) < 4.78 is 0. The molecule has 2 rings (SSSR count). The van der Waals surface area contributed by atoms with Crippen molar-refractivity contribution in [2.45, 2.75) is 52.9 Å². The van der Waals surface area contributed by atoms with Crippen LogP contribution in [0.2, 0.25) is 0 Å². The van der Waals surface area contributed by atoms with Gasteiger partial charge in [0.15, 0.2) is 0 Å². The first-order valence-corrected chi connectivity index (χ1v) is 7.10. The average Bonchev–Trinajstić information content (AvgIpc) is 2.86. The van der Waals surface area contributed by atoms with Crippen molar-refractivity contribution in [3.8, 4) is 5.75 Å². The SMILES string of the molecule is CCC1(C(=O)Nc2cc(C)c(O)cc2C)CCCC1. The maximum Gasteiger partial charge on any atom is 0.230 e. The van der Waals surface area contributed by atoms with E-state index >= 15 is 0 Å². The number of hydrogen-bond donors (Lipinski definition) is 2. The van der Waals surface area contributed by atoms with E-state index < -0.39 is 0 Å².